The fourth-order valence-electron chi connectivity index (χ4n) is 1.47. The number of hydrogen-bond acceptors (Lipinski definition) is 1. The fraction of sp³-hybridized carbons (Fsp3) is 0.417. The summed E-state index contributed by atoms with van der Waals surface area (Å²) in [7, 11) is 0. The summed E-state index contributed by atoms with van der Waals surface area (Å²) in [5, 5.41) is 1.96. The van der Waals surface area contributed by atoms with E-state index in [-0.39, 0.29) is 5.92 Å². The van der Waals surface area contributed by atoms with Gasteiger partial charge >= 0.3 is 12.1 Å². The van der Waals surface area contributed by atoms with Crippen molar-refractivity contribution in [3.05, 3.63) is 34.3 Å². The third-order valence-electron chi connectivity index (χ3n) is 2.76. The number of amides is 1. The van der Waals surface area contributed by atoms with Crippen LogP contribution in [0.4, 0.5) is 13.2 Å². The first-order valence-corrected chi connectivity index (χ1v) is 6.14. The summed E-state index contributed by atoms with van der Waals surface area (Å²) < 4.78 is 37.2. The van der Waals surface area contributed by atoms with E-state index < -0.39 is 18.1 Å². The van der Waals surface area contributed by atoms with Crippen molar-refractivity contribution in [3.63, 3.8) is 0 Å². The van der Waals surface area contributed by atoms with Crippen molar-refractivity contribution in [1.29, 1.82) is 0 Å². The topological polar surface area (TPSA) is 29.1 Å². The Bertz CT molecular complexity index is 416. The Balaban J connectivity index is 2.70. The second-order valence-electron chi connectivity index (χ2n) is 4.10. The predicted octanol–water partition coefficient (Wildman–Crippen LogP) is 3.62. The van der Waals surface area contributed by atoms with Crippen LogP contribution in [0.1, 0.15) is 25.3 Å². The van der Waals surface area contributed by atoms with Gasteiger partial charge in [0, 0.05) is 16.4 Å². The van der Waals surface area contributed by atoms with E-state index >= 15 is 0 Å². The van der Waals surface area contributed by atoms with Gasteiger partial charge in [0.05, 0.1) is 0 Å². The second-order valence-corrected chi connectivity index (χ2v) is 5.02. The number of hydrogen-bond donors (Lipinski definition) is 1. The molecule has 0 aliphatic carbocycles. The maximum atomic E-state index is 12.1. The lowest BCUT2D eigenvalue weighted by Crippen LogP contribution is -2.43. The molecule has 0 radical (unpaired) electrons. The average molecular weight is 324 g/mol. The van der Waals surface area contributed by atoms with E-state index in [1.165, 1.54) is 0 Å². The Morgan fingerprint density at radius 1 is 1.22 bits per heavy atom. The van der Waals surface area contributed by atoms with Crippen LogP contribution in [0.3, 0.4) is 0 Å². The molecule has 18 heavy (non-hydrogen) atoms. The lowest BCUT2D eigenvalue weighted by molar-refractivity contribution is -0.174. The Morgan fingerprint density at radius 2 is 1.72 bits per heavy atom. The molecule has 1 N–H and O–H groups in total. The molecule has 1 rings (SSSR count). The number of benzene rings is 1. The number of alkyl halides is 3. The van der Waals surface area contributed by atoms with Crippen LogP contribution in [0.5, 0.6) is 0 Å². The standard InChI is InChI=1S/C12H13BrF3NO/c1-7(9-3-5-10(13)6-4-9)8(2)17-11(18)12(14,15)16/h3-8H,1-2H3,(H,17,18). The molecule has 0 bridgehead atoms. The van der Waals surface area contributed by atoms with Crippen LogP contribution in [0.2, 0.25) is 0 Å². The van der Waals surface area contributed by atoms with Crippen LogP contribution in [-0.4, -0.2) is 18.1 Å². The van der Waals surface area contributed by atoms with Crippen LogP contribution in [0, 0.1) is 0 Å². The molecular formula is C12H13BrF3NO. The zero-order chi connectivity index (χ0) is 13.9. The molecule has 0 fully saturated rings. The zero-order valence-electron chi connectivity index (χ0n) is 9.88. The van der Waals surface area contributed by atoms with E-state index in [9.17, 15) is 18.0 Å². The third kappa shape index (κ3) is 4.01. The molecule has 0 saturated heterocycles. The first-order valence-electron chi connectivity index (χ1n) is 5.35. The highest BCUT2D eigenvalue weighted by atomic mass is 79.9. The summed E-state index contributed by atoms with van der Waals surface area (Å²) in [6, 6.07) is 6.64. The third-order valence-corrected chi connectivity index (χ3v) is 3.29. The largest absolute Gasteiger partial charge is 0.471 e. The van der Waals surface area contributed by atoms with Gasteiger partial charge < -0.3 is 5.32 Å². The highest BCUT2D eigenvalue weighted by Gasteiger charge is 2.39. The number of rotatable bonds is 3. The zero-order valence-corrected chi connectivity index (χ0v) is 11.5. The molecule has 1 amide bonds. The van der Waals surface area contributed by atoms with Crippen molar-refractivity contribution in [2.75, 3.05) is 0 Å². The fourth-order valence-corrected chi connectivity index (χ4v) is 1.73. The van der Waals surface area contributed by atoms with E-state index in [0.29, 0.717) is 0 Å². The molecule has 1 aromatic rings. The molecule has 2 unspecified atom stereocenters. The average Bonchev–Trinajstić information content (AvgIpc) is 2.27. The van der Waals surface area contributed by atoms with Gasteiger partial charge in [-0.3, -0.25) is 4.79 Å². The summed E-state index contributed by atoms with van der Waals surface area (Å²) >= 11 is 3.28. The molecule has 6 heteroatoms. The first-order chi connectivity index (χ1) is 8.21. The summed E-state index contributed by atoms with van der Waals surface area (Å²) in [5.41, 5.74) is 0.869. The molecule has 0 spiro atoms. The number of halogens is 4. The van der Waals surface area contributed by atoms with Crippen molar-refractivity contribution in [3.8, 4) is 0 Å². The van der Waals surface area contributed by atoms with Gasteiger partial charge in [0.2, 0.25) is 0 Å². The van der Waals surface area contributed by atoms with Gasteiger partial charge in [0.1, 0.15) is 0 Å². The molecule has 2 atom stereocenters. The normalized spacial score (nSPS) is 15.0. The molecule has 0 heterocycles. The molecular weight excluding hydrogens is 311 g/mol. The van der Waals surface area contributed by atoms with Gasteiger partial charge in [0.15, 0.2) is 0 Å². The highest BCUT2D eigenvalue weighted by Crippen LogP contribution is 2.22. The summed E-state index contributed by atoms with van der Waals surface area (Å²) in [6.07, 6.45) is -4.84. The lowest BCUT2D eigenvalue weighted by atomic mass is 9.94. The Hall–Kier alpha value is -1.04. The summed E-state index contributed by atoms with van der Waals surface area (Å²) in [5.74, 6) is -2.11. The van der Waals surface area contributed by atoms with Gasteiger partial charge in [-0.25, -0.2) is 0 Å². The predicted molar refractivity (Wildman–Crippen MR) is 66.2 cm³/mol. The molecule has 0 aliphatic heterocycles. The van der Waals surface area contributed by atoms with Crippen molar-refractivity contribution in [2.45, 2.75) is 32.0 Å². The van der Waals surface area contributed by atoms with Crippen LogP contribution >= 0.6 is 15.9 Å². The molecule has 0 aliphatic rings. The number of carbonyl (C=O) groups excluding carboxylic acids is 1. The minimum absolute atomic E-state index is 0.204. The Morgan fingerprint density at radius 3 is 2.17 bits per heavy atom. The van der Waals surface area contributed by atoms with Crippen molar-refractivity contribution >= 4 is 21.8 Å². The smallest absolute Gasteiger partial charge is 0.345 e. The summed E-state index contributed by atoms with van der Waals surface area (Å²) in [4.78, 5) is 10.8. The first kappa shape index (κ1) is 15.0. The van der Waals surface area contributed by atoms with Gasteiger partial charge in [-0.05, 0) is 24.6 Å². The Kier molecular flexibility index (Phi) is 4.78. The lowest BCUT2D eigenvalue weighted by Gasteiger charge is -2.22. The van der Waals surface area contributed by atoms with Gasteiger partial charge in [-0.2, -0.15) is 13.2 Å². The van der Waals surface area contributed by atoms with E-state index in [1.807, 2.05) is 29.6 Å². The number of nitrogens with one attached hydrogen (secondary N) is 1. The van der Waals surface area contributed by atoms with Crippen molar-refractivity contribution in [1.82, 2.24) is 5.32 Å². The van der Waals surface area contributed by atoms with Crippen LogP contribution in [-0.2, 0) is 4.79 Å². The maximum absolute atomic E-state index is 12.1. The van der Waals surface area contributed by atoms with Gasteiger partial charge in [0.25, 0.3) is 0 Å². The van der Waals surface area contributed by atoms with Crippen LogP contribution in [0.25, 0.3) is 0 Å². The summed E-state index contributed by atoms with van der Waals surface area (Å²) in [6.45, 7) is 3.32. The highest BCUT2D eigenvalue weighted by molar-refractivity contribution is 9.10. The van der Waals surface area contributed by atoms with E-state index in [1.54, 1.807) is 13.8 Å². The van der Waals surface area contributed by atoms with Crippen LogP contribution in [0.15, 0.2) is 28.7 Å². The van der Waals surface area contributed by atoms with E-state index in [4.69, 9.17) is 0 Å². The Labute approximate surface area is 112 Å². The second kappa shape index (κ2) is 5.73. The monoisotopic (exact) mass is 323 g/mol. The van der Waals surface area contributed by atoms with Gasteiger partial charge in [-0.1, -0.05) is 35.0 Å². The number of carbonyl (C=O) groups is 1. The van der Waals surface area contributed by atoms with Crippen molar-refractivity contribution < 1.29 is 18.0 Å². The van der Waals surface area contributed by atoms with Gasteiger partial charge in [-0.15, -0.1) is 0 Å². The quantitative estimate of drug-likeness (QED) is 0.904. The minimum atomic E-state index is -4.84. The molecule has 0 saturated carbocycles. The molecule has 1 aromatic carbocycles. The SMILES string of the molecule is CC(NC(=O)C(F)(F)F)C(C)c1ccc(Br)cc1. The van der Waals surface area contributed by atoms with E-state index in [0.717, 1.165) is 10.0 Å². The van der Waals surface area contributed by atoms with Crippen molar-refractivity contribution in [2.24, 2.45) is 0 Å². The molecule has 100 valence electrons. The maximum Gasteiger partial charge on any atom is 0.471 e. The molecule has 2 nitrogen and oxygen atoms in total. The minimum Gasteiger partial charge on any atom is -0.345 e. The molecule has 0 aromatic heterocycles. The van der Waals surface area contributed by atoms with Crippen LogP contribution < -0.4 is 5.32 Å². The van der Waals surface area contributed by atoms with E-state index in [2.05, 4.69) is 15.9 Å².